The minimum atomic E-state index is 0.231. The number of rotatable bonds is 18. The number of likely N-dealkylation sites (tertiary alicyclic amines) is 1. The summed E-state index contributed by atoms with van der Waals surface area (Å²) in [5.41, 5.74) is 1.74. The van der Waals surface area contributed by atoms with Gasteiger partial charge in [-0.3, -0.25) is 9.48 Å². The Hall–Kier alpha value is -3.35. The number of anilines is 2. The summed E-state index contributed by atoms with van der Waals surface area (Å²) in [6, 6.07) is 9.06. The van der Waals surface area contributed by atoms with Crippen LogP contribution in [-0.2, 0) is 17.9 Å². The molecule has 0 radical (unpaired) electrons. The molecule has 45 heavy (non-hydrogen) atoms. The molecule has 5 rings (SSSR count). The second-order valence-corrected chi connectivity index (χ2v) is 12.4. The largest absolute Gasteiger partial charge is 0.367 e. The Morgan fingerprint density at radius 1 is 0.911 bits per heavy atom. The number of carbonyl (C=O) groups is 1. The van der Waals surface area contributed by atoms with Gasteiger partial charge in [0.2, 0.25) is 11.9 Å². The van der Waals surface area contributed by atoms with Crippen LogP contribution in [0.25, 0.3) is 10.9 Å². The molecule has 12 nitrogen and oxygen atoms in total. The Labute approximate surface area is 267 Å². The normalized spacial score (nSPS) is 16.3. The van der Waals surface area contributed by atoms with E-state index < -0.39 is 0 Å². The van der Waals surface area contributed by atoms with Crippen LogP contribution in [0.2, 0.25) is 0 Å². The van der Waals surface area contributed by atoms with Crippen molar-refractivity contribution in [3.8, 4) is 0 Å². The first-order valence-electron chi connectivity index (χ1n) is 17.3. The maximum absolute atomic E-state index is 12.5. The van der Waals surface area contributed by atoms with Gasteiger partial charge in [-0.2, -0.15) is 4.98 Å². The van der Waals surface area contributed by atoms with E-state index in [-0.39, 0.29) is 11.9 Å². The van der Waals surface area contributed by atoms with Crippen molar-refractivity contribution in [1.29, 1.82) is 0 Å². The summed E-state index contributed by atoms with van der Waals surface area (Å²) in [7, 11) is 0. The van der Waals surface area contributed by atoms with Gasteiger partial charge in [-0.1, -0.05) is 43.5 Å². The van der Waals surface area contributed by atoms with Crippen LogP contribution in [0.5, 0.6) is 0 Å². The molecular weight excluding hydrogens is 566 g/mol. The predicted molar refractivity (Wildman–Crippen MR) is 180 cm³/mol. The number of piperidine rings is 1. The van der Waals surface area contributed by atoms with Crippen molar-refractivity contribution in [2.45, 2.75) is 96.3 Å². The van der Waals surface area contributed by atoms with E-state index in [9.17, 15) is 4.79 Å². The van der Waals surface area contributed by atoms with Crippen LogP contribution in [0, 0.1) is 0 Å². The first-order chi connectivity index (χ1) is 22.2. The number of hydrogen-bond acceptors (Lipinski definition) is 10. The summed E-state index contributed by atoms with van der Waals surface area (Å²) in [6.45, 7) is 9.67. The van der Waals surface area contributed by atoms with Crippen LogP contribution >= 0.6 is 0 Å². The fourth-order valence-electron chi connectivity index (χ4n) is 6.28. The summed E-state index contributed by atoms with van der Waals surface area (Å²) >= 11 is 0. The minimum Gasteiger partial charge on any atom is -0.367 e. The zero-order valence-electron chi connectivity index (χ0n) is 27.1. The molecule has 1 aliphatic heterocycles. The average molecular weight is 620 g/mol. The topological polar surface area (TPSA) is 137 Å². The van der Waals surface area contributed by atoms with Crippen LogP contribution in [0.15, 0.2) is 30.5 Å². The predicted octanol–water partition coefficient (Wildman–Crippen LogP) is 3.53. The van der Waals surface area contributed by atoms with E-state index in [1.54, 1.807) is 0 Å². The molecule has 1 aromatic carbocycles. The molecule has 0 unspecified atom stereocenters. The van der Waals surface area contributed by atoms with Crippen molar-refractivity contribution in [3.05, 3.63) is 36.2 Å². The molecule has 0 atom stereocenters. The zero-order chi connectivity index (χ0) is 31.1. The highest BCUT2D eigenvalue weighted by molar-refractivity contribution is 5.90. The van der Waals surface area contributed by atoms with Gasteiger partial charge in [0.25, 0.3) is 0 Å². The van der Waals surface area contributed by atoms with Crippen LogP contribution < -0.4 is 26.6 Å². The van der Waals surface area contributed by atoms with Crippen molar-refractivity contribution in [2.75, 3.05) is 56.4 Å². The molecular formula is C33H53N11O. The van der Waals surface area contributed by atoms with E-state index in [1.165, 1.54) is 38.5 Å². The lowest BCUT2D eigenvalue weighted by Crippen LogP contribution is -2.43. The number of fused-ring (bicyclic) bond motifs is 1. The lowest BCUT2D eigenvalue weighted by molar-refractivity contribution is -0.132. The van der Waals surface area contributed by atoms with Crippen LogP contribution in [0.4, 0.5) is 11.8 Å². The van der Waals surface area contributed by atoms with E-state index in [2.05, 4.69) is 49.9 Å². The SMILES string of the molecule is CCNCCC(=O)N1CCC(Nc2nc(NCc3cn(CCCNCCCNC4CCCCC4)nn3)nc3ccccc23)CC1. The Morgan fingerprint density at radius 3 is 2.58 bits per heavy atom. The fraction of sp³-hybridized carbons (Fsp3) is 0.667. The molecule has 1 saturated carbocycles. The Balaban J connectivity index is 1.03. The van der Waals surface area contributed by atoms with Gasteiger partial charge < -0.3 is 31.5 Å². The average Bonchev–Trinajstić information content (AvgIpc) is 3.53. The lowest BCUT2D eigenvalue weighted by atomic mass is 9.95. The zero-order valence-corrected chi connectivity index (χ0v) is 27.1. The Bertz CT molecular complexity index is 1300. The molecule has 3 heterocycles. The smallest absolute Gasteiger partial charge is 0.225 e. The van der Waals surface area contributed by atoms with Gasteiger partial charge in [0.1, 0.15) is 11.5 Å². The molecule has 246 valence electrons. The molecule has 2 fully saturated rings. The third-order valence-corrected chi connectivity index (χ3v) is 8.88. The Morgan fingerprint density at radius 2 is 1.73 bits per heavy atom. The van der Waals surface area contributed by atoms with E-state index >= 15 is 0 Å². The summed E-state index contributed by atoms with van der Waals surface area (Å²) in [4.78, 5) is 24.1. The lowest BCUT2D eigenvalue weighted by Gasteiger charge is -2.33. The van der Waals surface area contributed by atoms with Crippen LogP contribution in [-0.4, -0.2) is 93.7 Å². The van der Waals surface area contributed by atoms with Gasteiger partial charge in [0, 0.05) is 50.1 Å². The number of hydrogen-bond donors (Lipinski definition) is 5. The maximum atomic E-state index is 12.5. The third kappa shape index (κ3) is 10.6. The molecule has 0 spiro atoms. The van der Waals surface area contributed by atoms with Gasteiger partial charge in [-0.15, -0.1) is 5.10 Å². The monoisotopic (exact) mass is 619 g/mol. The van der Waals surface area contributed by atoms with Crippen molar-refractivity contribution < 1.29 is 4.79 Å². The molecule has 1 amide bonds. The first kappa shape index (κ1) is 33.0. The first-order valence-corrected chi connectivity index (χ1v) is 17.3. The van der Waals surface area contributed by atoms with Crippen LogP contribution in [0.1, 0.15) is 76.8 Å². The number of para-hydroxylation sites is 1. The molecule has 1 saturated heterocycles. The number of aromatic nitrogens is 5. The highest BCUT2D eigenvalue weighted by atomic mass is 16.2. The third-order valence-electron chi connectivity index (χ3n) is 8.88. The van der Waals surface area contributed by atoms with Gasteiger partial charge >= 0.3 is 0 Å². The molecule has 5 N–H and O–H groups in total. The number of amides is 1. The molecule has 3 aromatic rings. The van der Waals surface area contributed by atoms with Gasteiger partial charge in [-0.05, 0) is 76.8 Å². The van der Waals surface area contributed by atoms with E-state index in [1.807, 2.05) is 34.0 Å². The van der Waals surface area contributed by atoms with Gasteiger partial charge in [0.05, 0.1) is 18.3 Å². The molecule has 12 heteroatoms. The van der Waals surface area contributed by atoms with Crippen molar-refractivity contribution in [1.82, 2.24) is 45.8 Å². The molecule has 1 aliphatic carbocycles. The summed E-state index contributed by atoms with van der Waals surface area (Å²) in [6.07, 6.45) is 13.4. The van der Waals surface area contributed by atoms with Crippen molar-refractivity contribution >= 4 is 28.6 Å². The van der Waals surface area contributed by atoms with Crippen molar-refractivity contribution in [3.63, 3.8) is 0 Å². The number of carbonyl (C=O) groups excluding carboxylic acids is 1. The van der Waals surface area contributed by atoms with Crippen molar-refractivity contribution in [2.24, 2.45) is 0 Å². The second kappa shape index (κ2) is 18.0. The highest BCUT2D eigenvalue weighted by Crippen LogP contribution is 2.25. The number of nitrogens with zero attached hydrogens (tertiary/aromatic N) is 6. The molecule has 2 aliphatic rings. The molecule has 0 bridgehead atoms. The van der Waals surface area contributed by atoms with Gasteiger partial charge in [-0.25, -0.2) is 4.98 Å². The quantitative estimate of drug-likeness (QED) is 0.135. The van der Waals surface area contributed by atoms with Crippen LogP contribution in [0.3, 0.4) is 0 Å². The minimum absolute atomic E-state index is 0.231. The van der Waals surface area contributed by atoms with E-state index in [0.717, 1.165) is 100 Å². The number of nitrogens with one attached hydrogen (secondary N) is 5. The Kier molecular flexibility index (Phi) is 13.2. The summed E-state index contributed by atoms with van der Waals surface area (Å²) in [5.74, 6) is 1.61. The number of benzene rings is 1. The van der Waals surface area contributed by atoms with E-state index in [0.29, 0.717) is 18.9 Å². The van der Waals surface area contributed by atoms with E-state index in [4.69, 9.17) is 9.97 Å². The van der Waals surface area contributed by atoms with Gasteiger partial charge in [0.15, 0.2) is 0 Å². The standard InChI is InChI=1S/C33H53N11O/c1-2-34-20-14-31(45)43-22-15-27(16-23-43)38-32-29-12-6-7-13-30(29)39-33(40-32)37-24-28-25-44(42-41-28)21-9-18-35-17-8-19-36-26-10-4-3-5-11-26/h6-7,12-13,25-27,34-36H,2-5,8-11,14-24H2,1H3,(H2,37,38,39,40). The summed E-state index contributed by atoms with van der Waals surface area (Å²) in [5, 5.41) is 27.2. The second-order valence-electron chi connectivity index (χ2n) is 12.4. The number of aryl methyl sites for hydroxylation is 1. The summed E-state index contributed by atoms with van der Waals surface area (Å²) < 4.78 is 1.91. The highest BCUT2D eigenvalue weighted by Gasteiger charge is 2.23. The maximum Gasteiger partial charge on any atom is 0.225 e. The molecule has 2 aromatic heterocycles. The fourth-order valence-corrected chi connectivity index (χ4v) is 6.28.